The SMILES string of the molecule is CNc1nc(-c2ccc(OC)c(NC(=O)COc3ccc(S(=O)(=O)NC4CCCCC4)cc3)c2)cs1. The first-order chi connectivity index (χ1) is 17.4. The number of benzene rings is 2. The molecule has 0 radical (unpaired) electrons. The van der Waals surface area contributed by atoms with Gasteiger partial charge in [0.1, 0.15) is 11.5 Å². The third kappa shape index (κ3) is 6.54. The lowest BCUT2D eigenvalue weighted by atomic mass is 9.96. The molecule has 1 aliphatic rings. The molecular formula is C25H30N4O5S2. The van der Waals surface area contributed by atoms with Crippen molar-refractivity contribution >= 4 is 38.1 Å². The number of hydrogen-bond donors (Lipinski definition) is 3. The van der Waals surface area contributed by atoms with E-state index in [0.29, 0.717) is 17.2 Å². The van der Waals surface area contributed by atoms with E-state index in [-0.39, 0.29) is 23.5 Å². The second-order valence-electron chi connectivity index (χ2n) is 8.47. The molecule has 0 saturated heterocycles. The number of anilines is 2. The van der Waals surface area contributed by atoms with Gasteiger partial charge in [0, 0.05) is 24.0 Å². The third-order valence-corrected chi connectivity index (χ3v) is 8.31. The molecule has 192 valence electrons. The molecule has 1 heterocycles. The highest BCUT2D eigenvalue weighted by atomic mass is 32.2. The molecule has 3 N–H and O–H groups in total. The lowest BCUT2D eigenvalue weighted by Crippen LogP contribution is -2.36. The number of sulfonamides is 1. The van der Waals surface area contributed by atoms with E-state index in [0.717, 1.165) is 48.5 Å². The Morgan fingerprint density at radius 1 is 1.11 bits per heavy atom. The highest BCUT2D eigenvalue weighted by molar-refractivity contribution is 7.89. The van der Waals surface area contributed by atoms with Gasteiger partial charge in [0.15, 0.2) is 11.7 Å². The lowest BCUT2D eigenvalue weighted by molar-refractivity contribution is -0.118. The molecule has 36 heavy (non-hydrogen) atoms. The molecule has 0 atom stereocenters. The van der Waals surface area contributed by atoms with Crippen LogP contribution in [-0.4, -0.2) is 46.1 Å². The van der Waals surface area contributed by atoms with Crippen molar-refractivity contribution in [1.82, 2.24) is 9.71 Å². The minimum absolute atomic E-state index is 0.0141. The fraction of sp³-hybridized carbons (Fsp3) is 0.360. The van der Waals surface area contributed by atoms with Crippen molar-refractivity contribution in [3.8, 4) is 22.8 Å². The molecule has 1 aliphatic carbocycles. The van der Waals surface area contributed by atoms with Crippen LogP contribution >= 0.6 is 11.3 Å². The minimum atomic E-state index is -3.59. The number of rotatable bonds is 10. The van der Waals surface area contributed by atoms with Crippen LogP contribution < -0.4 is 24.8 Å². The summed E-state index contributed by atoms with van der Waals surface area (Å²) >= 11 is 1.49. The molecule has 0 bridgehead atoms. The van der Waals surface area contributed by atoms with Crippen molar-refractivity contribution in [2.75, 3.05) is 31.4 Å². The monoisotopic (exact) mass is 530 g/mol. The number of nitrogens with zero attached hydrogens (tertiary/aromatic N) is 1. The summed E-state index contributed by atoms with van der Waals surface area (Å²) in [7, 11) is -0.252. The Kier molecular flexibility index (Phi) is 8.44. The van der Waals surface area contributed by atoms with E-state index in [1.54, 1.807) is 24.3 Å². The van der Waals surface area contributed by atoms with E-state index < -0.39 is 10.0 Å². The highest BCUT2D eigenvalue weighted by Gasteiger charge is 2.22. The molecule has 0 aliphatic heterocycles. The summed E-state index contributed by atoms with van der Waals surface area (Å²) in [5, 5.41) is 8.54. The molecule has 4 rings (SSSR count). The van der Waals surface area contributed by atoms with Crippen LogP contribution in [0.3, 0.4) is 0 Å². The fourth-order valence-electron chi connectivity index (χ4n) is 4.04. The Bertz CT molecular complexity index is 1290. The van der Waals surface area contributed by atoms with Crippen LogP contribution in [0.25, 0.3) is 11.3 Å². The first-order valence-electron chi connectivity index (χ1n) is 11.7. The van der Waals surface area contributed by atoms with Crippen molar-refractivity contribution in [3.05, 3.63) is 47.8 Å². The topological polar surface area (TPSA) is 119 Å². The van der Waals surface area contributed by atoms with E-state index in [2.05, 4.69) is 20.3 Å². The Morgan fingerprint density at radius 2 is 1.86 bits per heavy atom. The number of methoxy groups -OCH3 is 1. The summed E-state index contributed by atoms with van der Waals surface area (Å²) in [6, 6.07) is 11.5. The average Bonchev–Trinajstić information content (AvgIpc) is 3.37. The van der Waals surface area contributed by atoms with E-state index in [4.69, 9.17) is 9.47 Å². The number of ether oxygens (including phenoxy) is 2. The predicted molar refractivity (Wildman–Crippen MR) is 141 cm³/mol. The van der Waals surface area contributed by atoms with Gasteiger partial charge >= 0.3 is 0 Å². The maximum Gasteiger partial charge on any atom is 0.262 e. The van der Waals surface area contributed by atoms with Gasteiger partial charge in [-0.1, -0.05) is 19.3 Å². The second-order valence-corrected chi connectivity index (χ2v) is 11.0. The standard InChI is InChI=1S/C25H30N4O5S2/c1-26-25-28-22(16-35-25)17-8-13-23(33-2)21(14-17)27-24(30)15-34-19-9-11-20(12-10-19)36(31,32)29-18-6-4-3-5-7-18/h8-14,16,18,29H,3-7,15H2,1-2H3,(H,26,28)(H,27,30). The van der Waals surface area contributed by atoms with E-state index in [1.807, 2.05) is 18.5 Å². The van der Waals surface area contributed by atoms with Crippen LogP contribution in [0.15, 0.2) is 52.7 Å². The van der Waals surface area contributed by atoms with Gasteiger partial charge in [0.05, 0.1) is 23.4 Å². The van der Waals surface area contributed by atoms with Gasteiger partial charge in [-0.3, -0.25) is 4.79 Å². The van der Waals surface area contributed by atoms with Gasteiger partial charge in [-0.25, -0.2) is 18.1 Å². The Morgan fingerprint density at radius 3 is 2.53 bits per heavy atom. The van der Waals surface area contributed by atoms with Crippen LogP contribution in [-0.2, 0) is 14.8 Å². The van der Waals surface area contributed by atoms with Gasteiger partial charge < -0.3 is 20.1 Å². The van der Waals surface area contributed by atoms with Crippen LogP contribution in [0.1, 0.15) is 32.1 Å². The first-order valence-corrected chi connectivity index (χ1v) is 14.1. The third-order valence-electron chi connectivity index (χ3n) is 5.92. The first kappa shape index (κ1) is 25.9. The van der Waals surface area contributed by atoms with Crippen molar-refractivity contribution in [1.29, 1.82) is 0 Å². The molecule has 2 aromatic carbocycles. The van der Waals surface area contributed by atoms with Crippen LogP contribution in [0.4, 0.5) is 10.8 Å². The number of carbonyl (C=O) groups is 1. The molecule has 1 aromatic heterocycles. The number of hydrogen-bond acceptors (Lipinski definition) is 8. The Hall–Kier alpha value is -3.15. The summed E-state index contributed by atoms with van der Waals surface area (Å²) < 4.78 is 39.1. The molecule has 9 nitrogen and oxygen atoms in total. The number of aromatic nitrogens is 1. The molecular weight excluding hydrogens is 500 g/mol. The van der Waals surface area contributed by atoms with Gasteiger partial charge in [0.25, 0.3) is 5.91 Å². The van der Waals surface area contributed by atoms with E-state index in [9.17, 15) is 13.2 Å². The zero-order chi connectivity index (χ0) is 25.5. The quantitative estimate of drug-likeness (QED) is 0.353. The molecule has 1 amide bonds. The summed E-state index contributed by atoms with van der Waals surface area (Å²) in [5.41, 5.74) is 2.12. The maximum atomic E-state index is 12.7. The van der Waals surface area contributed by atoms with Crippen LogP contribution in [0.5, 0.6) is 11.5 Å². The second kappa shape index (κ2) is 11.7. The van der Waals surface area contributed by atoms with Crippen molar-refractivity contribution < 1.29 is 22.7 Å². The van der Waals surface area contributed by atoms with Crippen molar-refractivity contribution in [2.24, 2.45) is 0 Å². The highest BCUT2D eigenvalue weighted by Crippen LogP contribution is 2.32. The van der Waals surface area contributed by atoms with E-state index >= 15 is 0 Å². The minimum Gasteiger partial charge on any atom is -0.495 e. The normalized spacial score (nSPS) is 14.3. The Labute approximate surface area is 215 Å². The summed E-state index contributed by atoms with van der Waals surface area (Å²) in [6.45, 7) is -0.250. The number of amides is 1. The molecule has 11 heteroatoms. The molecule has 1 saturated carbocycles. The van der Waals surface area contributed by atoms with E-state index in [1.165, 1.54) is 30.6 Å². The molecule has 1 fully saturated rings. The average molecular weight is 531 g/mol. The largest absolute Gasteiger partial charge is 0.495 e. The maximum absolute atomic E-state index is 12.7. The van der Waals surface area contributed by atoms with Crippen LogP contribution in [0.2, 0.25) is 0 Å². The molecule has 3 aromatic rings. The molecule has 0 spiro atoms. The predicted octanol–water partition coefficient (Wildman–Crippen LogP) is 4.49. The summed E-state index contributed by atoms with van der Waals surface area (Å²) in [5.74, 6) is 0.524. The van der Waals surface area contributed by atoms with Crippen molar-refractivity contribution in [3.63, 3.8) is 0 Å². The number of nitrogens with one attached hydrogen (secondary N) is 3. The van der Waals surface area contributed by atoms with Gasteiger partial charge in [-0.15, -0.1) is 11.3 Å². The van der Waals surface area contributed by atoms with Crippen molar-refractivity contribution in [2.45, 2.75) is 43.0 Å². The van der Waals surface area contributed by atoms with Gasteiger partial charge in [0.2, 0.25) is 10.0 Å². The number of thiazole rings is 1. The zero-order valence-electron chi connectivity index (χ0n) is 20.2. The van der Waals surface area contributed by atoms with Gasteiger partial charge in [-0.2, -0.15) is 0 Å². The summed E-state index contributed by atoms with van der Waals surface area (Å²) in [4.78, 5) is 17.2. The van der Waals surface area contributed by atoms with Crippen LogP contribution in [0, 0.1) is 0 Å². The summed E-state index contributed by atoms with van der Waals surface area (Å²) in [6.07, 6.45) is 4.97. The number of carbonyl (C=O) groups excluding carboxylic acids is 1. The molecule has 0 unspecified atom stereocenters. The fourth-order valence-corrected chi connectivity index (χ4v) is 6.03. The smallest absolute Gasteiger partial charge is 0.262 e. The van der Waals surface area contributed by atoms with Gasteiger partial charge in [-0.05, 0) is 55.3 Å². The Balaban J connectivity index is 1.36. The lowest BCUT2D eigenvalue weighted by Gasteiger charge is -2.22. The zero-order valence-corrected chi connectivity index (χ0v) is 21.9.